The maximum atomic E-state index is 8.85. The molecule has 0 bridgehead atoms. The van der Waals surface area contributed by atoms with Gasteiger partial charge in [-0.05, 0) is 19.1 Å². The Morgan fingerprint density at radius 2 is 2.12 bits per heavy atom. The topological polar surface area (TPSA) is 74.5 Å². The highest BCUT2D eigenvalue weighted by molar-refractivity contribution is 5.46. The Kier molecular flexibility index (Phi) is 3.26. The molecule has 0 spiro atoms. The zero-order valence-electron chi connectivity index (χ0n) is 9.38. The van der Waals surface area contributed by atoms with Crippen molar-refractivity contribution in [2.75, 3.05) is 5.32 Å². The van der Waals surface area contributed by atoms with Crippen LogP contribution in [0.5, 0.6) is 0 Å². The molecular weight excluding hydrogens is 214 g/mol. The fourth-order valence-corrected chi connectivity index (χ4v) is 1.42. The van der Waals surface area contributed by atoms with Crippen molar-refractivity contribution in [2.24, 2.45) is 0 Å². The van der Waals surface area contributed by atoms with Crippen LogP contribution < -0.4 is 5.32 Å². The maximum Gasteiger partial charge on any atom is 0.182 e. The Balaban J connectivity index is 2.10. The predicted octanol–water partition coefficient (Wildman–Crippen LogP) is 1.66. The summed E-state index contributed by atoms with van der Waals surface area (Å²) in [5, 5.41) is 11.9. The van der Waals surface area contributed by atoms with Crippen molar-refractivity contribution >= 4 is 5.82 Å². The summed E-state index contributed by atoms with van der Waals surface area (Å²) in [6.45, 7) is 2.46. The number of aryl methyl sites for hydroxylation is 1. The van der Waals surface area contributed by atoms with Gasteiger partial charge in [-0.15, -0.1) is 0 Å². The molecule has 0 aliphatic carbocycles. The molecule has 0 radical (unpaired) electrons. The van der Waals surface area contributed by atoms with Crippen LogP contribution in [0.25, 0.3) is 0 Å². The quantitative estimate of drug-likeness (QED) is 0.859. The number of nitrogens with zero attached hydrogens (tertiary/aromatic N) is 4. The Hall–Kier alpha value is -2.48. The third kappa shape index (κ3) is 2.75. The van der Waals surface area contributed by atoms with Gasteiger partial charge in [0.2, 0.25) is 0 Å². The van der Waals surface area contributed by atoms with Crippen LogP contribution in [-0.4, -0.2) is 15.0 Å². The number of rotatable bonds is 3. The summed E-state index contributed by atoms with van der Waals surface area (Å²) in [4.78, 5) is 12.3. The molecule has 0 amide bonds. The smallest absolute Gasteiger partial charge is 0.182 e. The molecular formula is C12H11N5. The van der Waals surface area contributed by atoms with Crippen molar-refractivity contribution in [3.63, 3.8) is 0 Å². The van der Waals surface area contributed by atoms with Crippen LogP contribution in [-0.2, 0) is 6.54 Å². The number of hydrogen-bond acceptors (Lipinski definition) is 5. The normalized spacial score (nSPS) is 9.65. The molecule has 0 aromatic carbocycles. The molecule has 0 saturated carbocycles. The average molecular weight is 225 g/mol. The summed E-state index contributed by atoms with van der Waals surface area (Å²) >= 11 is 0. The van der Waals surface area contributed by atoms with Crippen molar-refractivity contribution in [3.8, 4) is 6.07 Å². The molecule has 0 saturated heterocycles. The zero-order chi connectivity index (χ0) is 12.1. The maximum absolute atomic E-state index is 8.85. The van der Waals surface area contributed by atoms with E-state index in [9.17, 15) is 0 Å². The molecule has 2 rings (SSSR count). The van der Waals surface area contributed by atoms with Crippen LogP contribution in [0.1, 0.15) is 17.1 Å². The second-order valence-electron chi connectivity index (χ2n) is 3.49. The summed E-state index contributed by atoms with van der Waals surface area (Å²) in [7, 11) is 0. The van der Waals surface area contributed by atoms with E-state index in [0.717, 1.165) is 11.4 Å². The van der Waals surface area contributed by atoms with Gasteiger partial charge >= 0.3 is 0 Å². The molecule has 17 heavy (non-hydrogen) atoms. The van der Waals surface area contributed by atoms with Gasteiger partial charge in [0.05, 0.1) is 12.2 Å². The van der Waals surface area contributed by atoms with E-state index in [4.69, 9.17) is 5.26 Å². The van der Waals surface area contributed by atoms with Crippen LogP contribution in [0.4, 0.5) is 5.82 Å². The molecule has 84 valence electrons. The zero-order valence-corrected chi connectivity index (χ0v) is 9.38. The van der Waals surface area contributed by atoms with E-state index < -0.39 is 0 Å². The Bertz CT molecular complexity index is 559. The molecule has 0 unspecified atom stereocenters. The highest BCUT2D eigenvalue weighted by atomic mass is 15.0. The number of pyridine rings is 1. The summed E-state index contributed by atoms with van der Waals surface area (Å²) in [6, 6.07) is 7.79. The number of aromatic nitrogens is 3. The molecule has 0 aliphatic heterocycles. The van der Waals surface area contributed by atoms with E-state index in [0.29, 0.717) is 18.1 Å². The van der Waals surface area contributed by atoms with E-state index in [-0.39, 0.29) is 0 Å². The molecule has 2 aromatic rings. The minimum Gasteiger partial charge on any atom is -0.362 e. The fourth-order valence-electron chi connectivity index (χ4n) is 1.42. The Morgan fingerprint density at radius 1 is 1.29 bits per heavy atom. The lowest BCUT2D eigenvalue weighted by Crippen LogP contribution is -2.06. The van der Waals surface area contributed by atoms with Crippen LogP contribution in [0.15, 0.2) is 30.6 Å². The molecule has 2 aromatic heterocycles. The van der Waals surface area contributed by atoms with Crippen LogP contribution in [0.2, 0.25) is 0 Å². The van der Waals surface area contributed by atoms with Gasteiger partial charge in [0.15, 0.2) is 11.5 Å². The second-order valence-corrected chi connectivity index (χ2v) is 3.49. The molecule has 5 heteroatoms. The number of nitriles is 1. The third-order valence-corrected chi connectivity index (χ3v) is 2.19. The van der Waals surface area contributed by atoms with Gasteiger partial charge in [-0.25, -0.2) is 9.97 Å². The molecule has 0 fully saturated rings. The Morgan fingerprint density at radius 3 is 2.88 bits per heavy atom. The number of hydrogen-bond donors (Lipinski definition) is 1. The minimum atomic E-state index is 0.292. The van der Waals surface area contributed by atoms with E-state index in [1.165, 1.54) is 6.20 Å². The van der Waals surface area contributed by atoms with Gasteiger partial charge in [0.1, 0.15) is 6.07 Å². The van der Waals surface area contributed by atoms with Crippen molar-refractivity contribution in [3.05, 3.63) is 47.7 Å². The summed E-state index contributed by atoms with van der Waals surface area (Å²) < 4.78 is 0. The molecule has 0 atom stereocenters. The van der Waals surface area contributed by atoms with E-state index >= 15 is 0 Å². The van der Waals surface area contributed by atoms with Gasteiger partial charge in [-0.1, -0.05) is 6.07 Å². The summed E-state index contributed by atoms with van der Waals surface area (Å²) in [5.74, 6) is 0.485. The van der Waals surface area contributed by atoms with Gasteiger partial charge in [-0.3, -0.25) is 4.98 Å². The van der Waals surface area contributed by atoms with Crippen molar-refractivity contribution < 1.29 is 0 Å². The molecule has 5 nitrogen and oxygen atoms in total. The largest absolute Gasteiger partial charge is 0.362 e. The van der Waals surface area contributed by atoms with Crippen LogP contribution in [0.3, 0.4) is 0 Å². The third-order valence-electron chi connectivity index (χ3n) is 2.19. The fraction of sp³-hybridized carbons (Fsp3) is 0.167. The lowest BCUT2D eigenvalue weighted by molar-refractivity contribution is 0.994. The lowest BCUT2D eigenvalue weighted by atomic mass is 10.3. The second kappa shape index (κ2) is 5.03. The van der Waals surface area contributed by atoms with Crippen molar-refractivity contribution in [1.29, 1.82) is 5.26 Å². The first kappa shape index (κ1) is 11.0. The first-order chi connectivity index (χ1) is 8.29. The average Bonchev–Trinajstić information content (AvgIpc) is 2.37. The van der Waals surface area contributed by atoms with Crippen LogP contribution in [0, 0.1) is 18.3 Å². The SMILES string of the molecule is Cc1cccc(CNc2nccnc2C#N)n1. The molecule has 2 heterocycles. The lowest BCUT2D eigenvalue weighted by Gasteiger charge is -2.06. The van der Waals surface area contributed by atoms with Gasteiger partial charge in [0.25, 0.3) is 0 Å². The minimum absolute atomic E-state index is 0.292. The monoisotopic (exact) mass is 225 g/mol. The number of nitrogens with one attached hydrogen (secondary N) is 1. The van der Waals surface area contributed by atoms with Gasteiger partial charge in [0, 0.05) is 18.1 Å². The number of anilines is 1. The highest BCUT2D eigenvalue weighted by Crippen LogP contribution is 2.08. The standard InChI is InChI=1S/C12H11N5/c1-9-3-2-4-10(17-9)8-16-12-11(7-13)14-5-6-15-12/h2-6H,8H2,1H3,(H,15,16). The summed E-state index contributed by atoms with van der Waals surface area (Å²) in [6.07, 6.45) is 3.04. The van der Waals surface area contributed by atoms with Gasteiger partial charge in [-0.2, -0.15) is 5.26 Å². The van der Waals surface area contributed by atoms with E-state index in [2.05, 4.69) is 20.3 Å². The Labute approximate surface area is 99.2 Å². The molecule has 1 N–H and O–H groups in total. The molecule has 0 aliphatic rings. The first-order valence-electron chi connectivity index (χ1n) is 5.17. The van der Waals surface area contributed by atoms with Crippen molar-refractivity contribution in [2.45, 2.75) is 13.5 Å². The predicted molar refractivity (Wildman–Crippen MR) is 63.0 cm³/mol. The van der Waals surface area contributed by atoms with Crippen molar-refractivity contribution in [1.82, 2.24) is 15.0 Å². The van der Waals surface area contributed by atoms with Gasteiger partial charge < -0.3 is 5.32 Å². The van der Waals surface area contributed by atoms with Crippen LogP contribution >= 0.6 is 0 Å². The highest BCUT2D eigenvalue weighted by Gasteiger charge is 2.03. The van der Waals surface area contributed by atoms with E-state index in [1.54, 1.807) is 6.20 Å². The summed E-state index contributed by atoms with van der Waals surface area (Å²) in [5.41, 5.74) is 2.16. The first-order valence-corrected chi connectivity index (χ1v) is 5.17. The van der Waals surface area contributed by atoms with E-state index in [1.807, 2.05) is 31.2 Å².